The minimum atomic E-state index is 0.0806. The van der Waals surface area contributed by atoms with Crippen molar-refractivity contribution < 1.29 is 4.74 Å². The molecular formula is C13H28N2O. The highest BCUT2D eigenvalue weighted by Crippen LogP contribution is 2.29. The van der Waals surface area contributed by atoms with E-state index in [2.05, 4.69) is 18.7 Å². The summed E-state index contributed by atoms with van der Waals surface area (Å²) in [4.78, 5) is 2.57. The van der Waals surface area contributed by atoms with Gasteiger partial charge >= 0.3 is 0 Å². The molecule has 1 rings (SSSR count). The smallest absolute Gasteiger partial charge is 0.0658 e. The van der Waals surface area contributed by atoms with Crippen LogP contribution in [-0.2, 0) is 4.74 Å². The van der Waals surface area contributed by atoms with Gasteiger partial charge in [-0.1, -0.05) is 20.3 Å². The average molecular weight is 228 g/mol. The first kappa shape index (κ1) is 13.9. The molecule has 16 heavy (non-hydrogen) atoms. The van der Waals surface area contributed by atoms with E-state index >= 15 is 0 Å². The molecule has 0 bridgehead atoms. The molecule has 2 N–H and O–H groups in total. The Bertz CT molecular complexity index is 192. The molecule has 2 unspecified atom stereocenters. The standard InChI is InChI=1S/C13H28N2O/c1-4-6-12-7-8-15(9-12)13(5-2,10-14)11-16-3/h12H,4-11,14H2,1-3H3. The number of hydrogen-bond acceptors (Lipinski definition) is 3. The van der Waals surface area contributed by atoms with Crippen LogP contribution in [0.2, 0.25) is 0 Å². The van der Waals surface area contributed by atoms with Gasteiger partial charge in [0.15, 0.2) is 0 Å². The summed E-state index contributed by atoms with van der Waals surface area (Å²) in [6.45, 7) is 8.36. The van der Waals surface area contributed by atoms with Gasteiger partial charge in [0.1, 0.15) is 0 Å². The summed E-state index contributed by atoms with van der Waals surface area (Å²) in [6.07, 6.45) is 5.06. The number of hydrogen-bond donors (Lipinski definition) is 1. The minimum Gasteiger partial charge on any atom is -0.383 e. The maximum atomic E-state index is 5.98. The van der Waals surface area contributed by atoms with Crippen molar-refractivity contribution >= 4 is 0 Å². The van der Waals surface area contributed by atoms with Crippen molar-refractivity contribution in [3.63, 3.8) is 0 Å². The Hall–Kier alpha value is -0.120. The summed E-state index contributed by atoms with van der Waals surface area (Å²) in [5.41, 5.74) is 6.06. The van der Waals surface area contributed by atoms with Crippen molar-refractivity contribution in [2.75, 3.05) is 33.4 Å². The summed E-state index contributed by atoms with van der Waals surface area (Å²) in [5, 5.41) is 0. The van der Waals surface area contributed by atoms with Gasteiger partial charge in [0.2, 0.25) is 0 Å². The zero-order chi connectivity index (χ0) is 12.0. The van der Waals surface area contributed by atoms with Crippen LogP contribution in [0.3, 0.4) is 0 Å². The Morgan fingerprint density at radius 3 is 2.69 bits per heavy atom. The van der Waals surface area contributed by atoms with Gasteiger partial charge in [-0.3, -0.25) is 4.90 Å². The first-order chi connectivity index (χ1) is 7.72. The second-order valence-corrected chi connectivity index (χ2v) is 5.10. The Kier molecular flexibility index (Phi) is 5.73. The first-order valence-electron chi connectivity index (χ1n) is 6.66. The van der Waals surface area contributed by atoms with Crippen LogP contribution < -0.4 is 5.73 Å². The van der Waals surface area contributed by atoms with E-state index in [1.165, 1.54) is 32.4 Å². The zero-order valence-corrected chi connectivity index (χ0v) is 11.2. The lowest BCUT2D eigenvalue weighted by Gasteiger charge is -2.40. The van der Waals surface area contributed by atoms with Gasteiger partial charge in [-0.25, -0.2) is 0 Å². The van der Waals surface area contributed by atoms with Crippen LogP contribution in [0.25, 0.3) is 0 Å². The first-order valence-corrected chi connectivity index (χ1v) is 6.66. The summed E-state index contributed by atoms with van der Waals surface area (Å²) in [5.74, 6) is 0.874. The van der Waals surface area contributed by atoms with E-state index < -0.39 is 0 Å². The van der Waals surface area contributed by atoms with Crippen LogP contribution >= 0.6 is 0 Å². The van der Waals surface area contributed by atoms with E-state index in [9.17, 15) is 0 Å². The van der Waals surface area contributed by atoms with Gasteiger partial charge in [-0.15, -0.1) is 0 Å². The summed E-state index contributed by atoms with van der Waals surface area (Å²) in [6, 6.07) is 0. The topological polar surface area (TPSA) is 38.5 Å². The van der Waals surface area contributed by atoms with E-state index in [-0.39, 0.29) is 5.54 Å². The SMILES string of the molecule is CCCC1CCN(C(CC)(CN)COC)C1. The van der Waals surface area contributed by atoms with Gasteiger partial charge < -0.3 is 10.5 Å². The maximum Gasteiger partial charge on any atom is 0.0658 e. The molecule has 1 heterocycles. The predicted octanol–water partition coefficient (Wildman–Crippen LogP) is 1.86. The number of nitrogens with zero attached hydrogens (tertiary/aromatic N) is 1. The molecule has 0 saturated carbocycles. The molecule has 3 nitrogen and oxygen atoms in total. The van der Waals surface area contributed by atoms with Crippen LogP contribution in [0, 0.1) is 5.92 Å². The Labute approximate surface area is 100 Å². The monoisotopic (exact) mass is 228 g/mol. The molecule has 0 aliphatic carbocycles. The largest absolute Gasteiger partial charge is 0.383 e. The van der Waals surface area contributed by atoms with Crippen molar-refractivity contribution in [1.82, 2.24) is 4.90 Å². The molecule has 1 saturated heterocycles. The third kappa shape index (κ3) is 2.96. The van der Waals surface area contributed by atoms with Crippen molar-refractivity contribution in [3.8, 4) is 0 Å². The molecule has 1 fully saturated rings. The molecule has 1 aliphatic rings. The Morgan fingerprint density at radius 2 is 2.19 bits per heavy atom. The number of methoxy groups -OCH3 is 1. The second kappa shape index (κ2) is 6.58. The molecule has 0 aromatic carbocycles. The predicted molar refractivity (Wildman–Crippen MR) is 68.5 cm³/mol. The van der Waals surface area contributed by atoms with Crippen LogP contribution in [-0.4, -0.2) is 43.8 Å². The van der Waals surface area contributed by atoms with Crippen LogP contribution in [0.5, 0.6) is 0 Å². The zero-order valence-electron chi connectivity index (χ0n) is 11.2. The molecule has 0 aromatic rings. The van der Waals surface area contributed by atoms with Gasteiger partial charge in [-0.05, 0) is 31.7 Å². The molecule has 0 spiro atoms. The van der Waals surface area contributed by atoms with Gasteiger partial charge in [0, 0.05) is 20.2 Å². The average Bonchev–Trinajstić information content (AvgIpc) is 2.76. The molecule has 0 amide bonds. The number of nitrogens with two attached hydrogens (primary N) is 1. The summed E-state index contributed by atoms with van der Waals surface area (Å²) < 4.78 is 5.38. The van der Waals surface area contributed by atoms with E-state index in [4.69, 9.17) is 10.5 Å². The number of rotatable bonds is 7. The summed E-state index contributed by atoms with van der Waals surface area (Å²) >= 11 is 0. The highest BCUT2D eigenvalue weighted by atomic mass is 16.5. The number of likely N-dealkylation sites (tertiary alicyclic amines) is 1. The maximum absolute atomic E-state index is 5.98. The van der Waals surface area contributed by atoms with Crippen molar-refractivity contribution in [1.29, 1.82) is 0 Å². The molecule has 3 heteroatoms. The summed E-state index contributed by atoms with van der Waals surface area (Å²) in [7, 11) is 1.78. The van der Waals surface area contributed by atoms with Crippen molar-refractivity contribution in [2.24, 2.45) is 11.7 Å². The van der Waals surface area contributed by atoms with E-state index in [0.29, 0.717) is 6.54 Å². The van der Waals surface area contributed by atoms with Crippen molar-refractivity contribution in [3.05, 3.63) is 0 Å². The van der Waals surface area contributed by atoms with E-state index in [1.807, 2.05) is 0 Å². The highest BCUT2D eigenvalue weighted by Gasteiger charge is 2.38. The third-order valence-electron chi connectivity index (χ3n) is 4.10. The quantitative estimate of drug-likeness (QED) is 0.723. The van der Waals surface area contributed by atoms with Crippen LogP contribution in [0.1, 0.15) is 39.5 Å². The third-order valence-corrected chi connectivity index (χ3v) is 4.10. The lowest BCUT2D eigenvalue weighted by Crippen LogP contribution is -2.55. The van der Waals surface area contributed by atoms with Gasteiger partial charge in [0.05, 0.1) is 12.1 Å². The fourth-order valence-electron chi connectivity index (χ4n) is 2.93. The van der Waals surface area contributed by atoms with E-state index in [0.717, 1.165) is 18.9 Å². The van der Waals surface area contributed by atoms with Crippen molar-refractivity contribution in [2.45, 2.75) is 45.1 Å². The second-order valence-electron chi connectivity index (χ2n) is 5.10. The molecule has 1 aliphatic heterocycles. The number of ether oxygens (including phenoxy) is 1. The molecule has 0 aromatic heterocycles. The van der Waals surface area contributed by atoms with Crippen LogP contribution in [0.4, 0.5) is 0 Å². The lowest BCUT2D eigenvalue weighted by molar-refractivity contribution is 0.0241. The fraction of sp³-hybridized carbons (Fsp3) is 1.00. The fourth-order valence-corrected chi connectivity index (χ4v) is 2.93. The molecular weight excluding hydrogens is 200 g/mol. The Balaban J connectivity index is 2.59. The van der Waals surface area contributed by atoms with Gasteiger partial charge in [0.25, 0.3) is 0 Å². The molecule has 2 atom stereocenters. The van der Waals surface area contributed by atoms with E-state index in [1.54, 1.807) is 7.11 Å². The van der Waals surface area contributed by atoms with Gasteiger partial charge in [-0.2, -0.15) is 0 Å². The molecule has 0 radical (unpaired) electrons. The lowest BCUT2D eigenvalue weighted by atomic mass is 9.95. The van der Waals surface area contributed by atoms with Crippen LogP contribution in [0.15, 0.2) is 0 Å². The normalized spacial score (nSPS) is 25.9. The highest BCUT2D eigenvalue weighted by molar-refractivity contribution is 4.94. The molecule has 96 valence electrons. The minimum absolute atomic E-state index is 0.0806. The Morgan fingerprint density at radius 1 is 1.44 bits per heavy atom.